The van der Waals surface area contributed by atoms with Crippen LogP contribution in [0.15, 0.2) is 97.2 Å². The van der Waals surface area contributed by atoms with Gasteiger partial charge in [-0.05, 0) is 61.0 Å². The molecule has 1 amide bonds. The lowest BCUT2D eigenvalue weighted by Crippen LogP contribution is -2.30. The van der Waals surface area contributed by atoms with Gasteiger partial charge in [0.05, 0.1) is 22.5 Å². The van der Waals surface area contributed by atoms with E-state index < -0.39 is 0 Å². The van der Waals surface area contributed by atoms with Crippen LogP contribution in [0.3, 0.4) is 0 Å². The Labute approximate surface area is 195 Å². The first-order valence-corrected chi connectivity index (χ1v) is 11.4. The van der Waals surface area contributed by atoms with Crippen LogP contribution in [0.5, 0.6) is 11.5 Å². The normalized spacial score (nSPS) is 10.8. The smallest absolute Gasteiger partial charge is 0.260 e. The SMILES string of the molecule is Cc1cccc2sc(N(Cc3ccccn3)C(=O)c3cccc(Oc4ccccc4)c3)nc12. The van der Waals surface area contributed by atoms with Gasteiger partial charge >= 0.3 is 0 Å². The fourth-order valence-corrected chi connectivity index (χ4v) is 4.58. The van der Waals surface area contributed by atoms with Crippen molar-refractivity contribution in [2.24, 2.45) is 0 Å². The van der Waals surface area contributed by atoms with Gasteiger partial charge in [0.25, 0.3) is 5.91 Å². The molecular formula is C27H21N3O2S. The molecule has 0 radical (unpaired) electrons. The zero-order chi connectivity index (χ0) is 22.6. The van der Waals surface area contributed by atoms with Crippen LogP contribution in [0.4, 0.5) is 5.13 Å². The Morgan fingerprint density at radius 3 is 2.48 bits per heavy atom. The molecule has 5 rings (SSSR count). The molecule has 0 saturated carbocycles. The summed E-state index contributed by atoms with van der Waals surface area (Å²) in [5.74, 6) is 1.16. The summed E-state index contributed by atoms with van der Waals surface area (Å²) in [4.78, 5) is 24.6. The number of pyridine rings is 1. The molecule has 162 valence electrons. The van der Waals surface area contributed by atoms with Gasteiger partial charge in [0, 0.05) is 11.8 Å². The molecule has 0 bridgehead atoms. The fourth-order valence-electron chi connectivity index (χ4n) is 3.54. The molecule has 3 aromatic carbocycles. The molecule has 0 N–H and O–H groups in total. The Bertz CT molecular complexity index is 1400. The van der Waals surface area contributed by atoms with E-state index in [1.807, 2.05) is 85.8 Å². The predicted molar refractivity (Wildman–Crippen MR) is 132 cm³/mol. The summed E-state index contributed by atoms with van der Waals surface area (Å²) >= 11 is 1.50. The Balaban J connectivity index is 1.51. The van der Waals surface area contributed by atoms with Gasteiger partial charge in [-0.3, -0.25) is 14.7 Å². The van der Waals surface area contributed by atoms with Crippen LogP contribution >= 0.6 is 11.3 Å². The minimum Gasteiger partial charge on any atom is -0.457 e. The topological polar surface area (TPSA) is 55.3 Å². The number of amides is 1. The van der Waals surface area contributed by atoms with Crippen LogP contribution in [-0.4, -0.2) is 15.9 Å². The van der Waals surface area contributed by atoms with Gasteiger partial charge in [0.2, 0.25) is 0 Å². The maximum Gasteiger partial charge on any atom is 0.260 e. The number of anilines is 1. The summed E-state index contributed by atoms with van der Waals surface area (Å²) in [5.41, 5.74) is 3.31. The van der Waals surface area contributed by atoms with Crippen molar-refractivity contribution in [3.8, 4) is 11.5 Å². The van der Waals surface area contributed by atoms with Crippen molar-refractivity contribution in [1.29, 1.82) is 0 Å². The van der Waals surface area contributed by atoms with Gasteiger partial charge in [0.1, 0.15) is 11.5 Å². The van der Waals surface area contributed by atoms with E-state index in [4.69, 9.17) is 9.72 Å². The average Bonchev–Trinajstić information content (AvgIpc) is 3.29. The van der Waals surface area contributed by atoms with Crippen molar-refractivity contribution in [1.82, 2.24) is 9.97 Å². The summed E-state index contributed by atoms with van der Waals surface area (Å²) < 4.78 is 6.99. The molecule has 0 aliphatic rings. The maximum absolute atomic E-state index is 13.7. The van der Waals surface area contributed by atoms with Gasteiger partial charge in [-0.1, -0.05) is 53.8 Å². The van der Waals surface area contributed by atoms with E-state index >= 15 is 0 Å². The van der Waals surface area contributed by atoms with Crippen molar-refractivity contribution in [3.05, 3.63) is 114 Å². The molecular weight excluding hydrogens is 430 g/mol. The number of ether oxygens (including phenoxy) is 1. The molecule has 33 heavy (non-hydrogen) atoms. The number of thiazole rings is 1. The quantitative estimate of drug-likeness (QED) is 0.290. The highest BCUT2D eigenvalue weighted by atomic mass is 32.1. The third-order valence-electron chi connectivity index (χ3n) is 5.19. The summed E-state index contributed by atoms with van der Waals surface area (Å²) in [7, 11) is 0. The largest absolute Gasteiger partial charge is 0.457 e. The van der Waals surface area contributed by atoms with E-state index in [1.54, 1.807) is 23.2 Å². The summed E-state index contributed by atoms with van der Waals surface area (Å²) in [6.07, 6.45) is 1.73. The first-order chi connectivity index (χ1) is 16.2. The van der Waals surface area contributed by atoms with Crippen molar-refractivity contribution in [3.63, 3.8) is 0 Å². The Morgan fingerprint density at radius 1 is 0.909 bits per heavy atom. The standard InChI is InChI=1S/C27H21N3O2S/c1-19-9-7-15-24-25(19)29-27(33-24)30(18-21-11-5-6-16-28-21)26(31)20-10-8-14-23(17-20)32-22-12-3-2-4-13-22/h2-17H,18H2,1H3. The summed E-state index contributed by atoms with van der Waals surface area (Å²) in [5, 5.41) is 0.643. The van der Waals surface area contributed by atoms with Crippen LogP contribution in [-0.2, 0) is 6.54 Å². The highest BCUT2D eigenvalue weighted by Crippen LogP contribution is 2.32. The number of aryl methyl sites for hydroxylation is 1. The fraction of sp³-hybridized carbons (Fsp3) is 0.0741. The molecule has 0 atom stereocenters. The molecule has 2 aromatic heterocycles. The van der Waals surface area contributed by atoms with Crippen LogP contribution in [0.25, 0.3) is 10.2 Å². The van der Waals surface area contributed by atoms with E-state index in [2.05, 4.69) is 4.98 Å². The molecule has 0 aliphatic heterocycles. The number of nitrogens with zero attached hydrogens (tertiary/aromatic N) is 3. The van der Waals surface area contributed by atoms with Crippen LogP contribution in [0.1, 0.15) is 21.6 Å². The summed E-state index contributed by atoms with van der Waals surface area (Å²) in [6.45, 7) is 2.35. The molecule has 0 saturated heterocycles. The second kappa shape index (κ2) is 9.22. The van der Waals surface area contributed by atoms with Crippen LogP contribution < -0.4 is 9.64 Å². The molecule has 0 fully saturated rings. The first kappa shape index (κ1) is 20.8. The van der Waals surface area contributed by atoms with Crippen molar-refractivity contribution < 1.29 is 9.53 Å². The van der Waals surface area contributed by atoms with Gasteiger partial charge in [-0.15, -0.1) is 0 Å². The second-order valence-corrected chi connectivity index (χ2v) is 8.58. The zero-order valence-corrected chi connectivity index (χ0v) is 18.8. The number of aromatic nitrogens is 2. The lowest BCUT2D eigenvalue weighted by atomic mass is 10.2. The summed E-state index contributed by atoms with van der Waals surface area (Å²) in [6, 6.07) is 28.5. The van der Waals surface area contributed by atoms with E-state index in [9.17, 15) is 4.79 Å². The molecule has 0 spiro atoms. The number of fused-ring (bicyclic) bond motifs is 1. The number of carbonyl (C=O) groups is 1. The minimum absolute atomic E-state index is 0.157. The van der Waals surface area contributed by atoms with E-state index in [-0.39, 0.29) is 5.91 Å². The van der Waals surface area contributed by atoms with Gasteiger partial charge < -0.3 is 4.74 Å². The second-order valence-electron chi connectivity index (χ2n) is 7.57. The predicted octanol–water partition coefficient (Wildman–Crippen LogP) is 6.64. The monoisotopic (exact) mass is 451 g/mol. The Hall–Kier alpha value is -4.03. The minimum atomic E-state index is -0.157. The van der Waals surface area contributed by atoms with Crippen molar-refractivity contribution in [2.45, 2.75) is 13.5 Å². The average molecular weight is 452 g/mol. The number of rotatable bonds is 6. The number of hydrogen-bond acceptors (Lipinski definition) is 5. The Morgan fingerprint density at radius 2 is 1.70 bits per heavy atom. The lowest BCUT2D eigenvalue weighted by molar-refractivity contribution is 0.0984. The van der Waals surface area contributed by atoms with Gasteiger partial charge in [-0.2, -0.15) is 0 Å². The number of hydrogen-bond donors (Lipinski definition) is 0. The highest BCUT2D eigenvalue weighted by Gasteiger charge is 2.23. The van der Waals surface area contributed by atoms with E-state index in [0.29, 0.717) is 28.7 Å². The molecule has 0 unspecified atom stereocenters. The highest BCUT2D eigenvalue weighted by molar-refractivity contribution is 7.22. The van der Waals surface area contributed by atoms with Gasteiger partial charge in [0.15, 0.2) is 5.13 Å². The molecule has 0 aliphatic carbocycles. The number of carbonyl (C=O) groups excluding carboxylic acids is 1. The zero-order valence-electron chi connectivity index (χ0n) is 18.0. The number of para-hydroxylation sites is 2. The number of benzene rings is 3. The molecule has 5 nitrogen and oxygen atoms in total. The van der Waals surface area contributed by atoms with Crippen molar-refractivity contribution >= 4 is 32.6 Å². The maximum atomic E-state index is 13.7. The van der Waals surface area contributed by atoms with E-state index in [1.165, 1.54) is 11.3 Å². The molecule has 5 aromatic rings. The van der Waals surface area contributed by atoms with Gasteiger partial charge in [-0.25, -0.2) is 4.98 Å². The molecule has 2 heterocycles. The van der Waals surface area contributed by atoms with Crippen molar-refractivity contribution in [2.75, 3.05) is 4.90 Å². The lowest BCUT2D eigenvalue weighted by Gasteiger charge is -2.20. The van der Waals surface area contributed by atoms with Crippen LogP contribution in [0, 0.1) is 6.92 Å². The third kappa shape index (κ3) is 4.61. The van der Waals surface area contributed by atoms with Crippen LogP contribution in [0.2, 0.25) is 0 Å². The third-order valence-corrected chi connectivity index (χ3v) is 6.24. The molecule has 6 heteroatoms. The van der Waals surface area contributed by atoms with E-state index in [0.717, 1.165) is 21.5 Å². The first-order valence-electron chi connectivity index (χ1n) is 10.6. The Kier molecular flexibility index (Phi) is 5.83.